The second-order valence-electron chi connectivity index (χ2n) is 7.34. The Hall–Kier alpha value is -2.04. The summed E-state index contributed by atoms with van der Waals surface area (Å²) >= 11 is 0. The predicted octanol–water partition coefficient (Wildman–Crippen LogP) is 2.81. The van der Waals surface area contributed by atoms with Crippen LogP contribution in [0.4, 0.5) is 4.79 Å². The van der Waals surface area contributed by atoms with Gasteiger partial charge in [-0.25, -0.2) is 4.79 Å². The van der Waals surface area contributed by atoms with Crippen LogP contribution >= 0.6 is 0 Å². The van der Waals surface area contributed by atoms with E-state index in [0.717, 1.165) is 19.3 Å². The number of carbonyl (C=O) groups is 2. The summed E-state index contributed by atoms with van der Waals surface area (Å²) < 4.78 is 0. The summed E-state index contributed by atoms with van der Waals surface area (Å²) in [5.74, 6) is 0.929. The Labute approximate surface area is 151 Å². The van der Waals surface area contributed by atoms with Crippen molar-refractivity contribution in [3.8, 4) is 0 Å². The van der Waals surface area contributed by atoms with E-state index in [9.17, 15) is 9.59 Å². The van der Waals surface area contributed by atoms with E-state index in [1.165, 1.54) is 12.5 Å². The van der Waals surface area contributed by atoms with Crippen molar-refractivity contribution in [1.82, 2.24) is 15.5 Å². The highest BCUT2D eigenvalue weighted by molar-refractivity contribution is 5.75. The molecule has 1 heterocycles. The predicted molar refractivity (Wildman–Crippen MR) is 100 cm³/mol. The maximum Gasteiger partial charge on any atom is 0.317 e. The summed E-state index contributed by atoms with van der Waals surface area (Å²) in [6, 6.07) is 10.6. The van der Waals surface area contributed by atoms with Crippen molar-refractivity contribution >= 4 is 11.9 Å². The van der Waals surface area contributed by atoms with Crippen LogP contribution in [0.1, 0.15) is 39.2 Å². The Kier molecular flexibility index (Phi) is 7.29. The van der Waals surface area contributed by atoms with Crippen molar-refractivity contribution in [3.63, 3.8) is 0 Å². The molecule has 0 aliphatic carbocycles. The van der Waals surface area contributed by atoms with E-state index in [1.54, 1.807) is 0 Å². The number of rotatable bonds is 6. The van der Waals surface area contributed by atoms with E-state index in [4.69, 9.17) is 0 Å². The molecule has 5 heteroatoms. The molecule has 1 aliphatic rings. The molecule has 0 radical (unpaired) electrons. The maximum atomic E-state index is 12.4. The Bertz CT molecular complexity index is 551. The number of piperidine rings is 1. The molecule has 1 aromatic rings. The Morgan fingerprint density at radius 2 is 1.80 bits per heavy atom. The average Bonchev–Trinajstić information content (AvgIpc) is 2.59. The molecule has 2 rings (SSSR count). The highest BCUT2D eigenvalue weighted by Crippen LogP contribution is 2.17. The number of benzene rings is 1. The van der Waals surface area contributed by atoms with Gasteiger partial charge in [0.05, 0.1) is 0 Å². The van der Waals surface area contributed by atoms with Crippen LogP contribution in [0.5, 0.6) is 0 Å². The smallest absolute Gasteiger partial charge is 0.317 e. The number of amides is 3. The number of carbonyl (C=O) groups excluding carboxylic acids is 2. The van der Waals surface area contributed by atoms with Crippen LogP contribution < -0.4 is 10.6 Å². The van der Waals surface area contributed by atoms with Crippen LogP contribution in [0.3, 0.4) is 0 Å². The summed E-state index contributed by atoms with van der Waals surface area (Å²) in [7, 11) is 0. The SMILES string of the molecule is CC(=O)NC1CCN(C(=O)NC[C@H](Cc2ccccc2)C(C)C)CC1. The van der Waals surface area contributed by atoms with Gasteiger partial charge < -0.3 is 15.5 Å². The molecule has 1 fully saturated rings. The minimum Gasteiger partial charge on any atom is -0.353 e. The molecule has 0 aromatic heterocycles. The Balaban J connectivity index is 1.78. The second kappa shape index (κ2) is 9.44. The fourth-order valence-electron chi connectivity index (χ4n) is 3.30. The van der Waals surface area contributed by atoms with E-state index in [1.807, 2.05) is 11.0 Å². The van der Waals surface area contributed by atoms with Gasteiger partial charge in [0, 0.05) is 32.6 Å². The zero-order valence-electron chi connectivity index (χ0n) is 15.6. The van der Waals surface area contributed by atoms with Crippen molar-refractivity contribution in [2.75, 3.05) is 19.6 Å². The van der Waals surface area contributed by atoms with Crippen molar-refractivity contribution in [1.29, 1.82) is 0 Å². The summed E-state index contributed by atoms with van der Waals surface area (Å²) in [6.45, 7) is 8.04. The molecule has 0 spiro atoms. The molecule has 0 unspecified atom stereocenters. The molecule has 5 nitrogen and oxygen atoms in total. The highest BCUT2D eigenvalue weighted by Gasteiger charge is 2.24. The molecular weight excluding hydrogens is 314 g/mol. The first-order valence-electron chi connectivity index (χ1n) is 9.29. The number of urea groups is 1. The lowest BCUT2D eigenvalue weighted by atomic mass is 9.89. The number of hydrogen-bond donors (Lipinski definition) is 2. The quantitative estimate of drug-likeness (QED) is 0.833. The minimum absolute atomic E-state index is 0.00332. The fourth-order valence-corrected chi connectivity index (χ4v) is 3.30. The van der Waals surface area contributed by atoms with Gasteiger partial charge >= 0.3 is 6.03 Å². The van der Waals surface area contributed by atoms with Crippen LogP contribution in [-0.4, -0.2) is 42.5 Å². The van der Waals surface area contributed by atoms with E-state index in [2.05, 4.69) is 48.7 Å². The molecule has 138 valence electrons. The van der Waals surface area contributed by atoms with Gasteiger partial charge in [-0.3, -0.25) is 4.79 Å². The lowest BCUT2D eigenvalue weighted by Crippen LogP contribution is -2.50. The van der Waals surface area contributed by atoms with Gasteiger partial charge in [0.1, 0.15) is 0 Å². The number of nitrogens with one attached hydrogen (secondary N) is 2. The molecular formula is C20H31N3O2. The minimum atomic E-state index is 0.00332. The first-order valence-corrected chi connectivity index (χ1v) is 9.29. The lowest BCUT2D eigenvalue weighted by molar-refractivity contribution is -0.119. The first kappa shape index (κ1) is 19.3. The van der Waals surface area contributed by atoms with Crippen molar-refractivity contribution < 1.29 is 9.59 Å². The van der Waals surface area contributed by atoms with E-state index in [-0.39, 0.29) is 18.0 Å². The van der Waals surface area contributed by atoms with Gasteiger partial charge in [0.25, 0.3) is 0 Å². The normalized spacial score (nSPS) is 16.6. The third-order valence-corrected chi connectivity index (χ3v) is 4.99. The molecule has 1 saturated heterocycles. The molecule has 25 heavy (non-hydrogen) atoms. The first-order chi connectivity index (χ1) is 12.0. The molecule has 3 amide bonds. The highest BCUT2D eigenvalue weighted by atomic mass is 16.2. The molecule has 1 aromatic carbocycles. The number of likely N-dealkylation sites (tertiary alicyclic amines) is 1. The third-order valence-electron chi connectivity index (χ3n) is 4.99. The Morgan fingerprint density at radius 1 is 1.16 bits per heavy atom. The molecule has 0 bridgehead atoms. The summed E-state index contributed by atoms with van der Waals surface area (Å²) in [6.07, 6.45) is 2.62. The van der Waals surface area contributed by atoms with Crippen LogP contribution in [0.25, 0.3) is 0 Å². The van der Waals surface area contributed by atoms with Gasteiger partial charge in [0.15, 0.2) is 0 Å². The zero-order valence-corrected chi connectivity index (χ0v) is 15.6. The van der Waals surface area contributed by atoms with Crippen LogP contribution in [0.2, 0.25) is 0 Å². The van der Waals surface area contributed by atoms with Gasteiger partial charge in [-0.1, -0.05) is 44.2 Å². The van der Waals surface area contributed by atoms with E-state index >= 15 is 0 Å². The largest absolute Gasteiger partial charge is 0.353 e. The molecule has 0 saturated carbocycles. The fraction of sp³-hybridized carbons (Fsp3) is 0.600. The van der Waals surface area contributed by atoms with Crippen molar-refractivity contribution in [3.05, 3.63) is 35.9 Å². The van der Waals surface area contributed by atoms with Crippen LogP contribution in [-0.2, 0) is 11.2 Å². The average molecular weight is 345 g/mol. The zero-order chi connectivity index (χ0) is 18.2. The lowest BCUT2D eigenvalue weighted by Gasteiger charge is -2.33. The van der Waals surface area contributed by atoms with Gasteiger partial charge in [-0.05, 0) is 36.7 Å². The van der Waals surface area contributed by atoms with Crippen LogP contribution in [0.15, 0.2) is 30.3 Å². The van der Waals surface area contributed by atoms with Crippen molar-refractivity contribution in [2.24, 2.45) is 11.8 Å². The number of nitrogens with zero attached hydrogens (tertiary/aromatic N) is 1. The topological polar surface area (TPSA) is 61.4 Å². The maximum absolute atomic E-state index is 12.4. The third kappa shape index (κ3) is 6.40. The monoisotopic (exact) mass is 345 g/mol. The van der Waals surface area contributed by atoms with Crippen LogP contribution in [0, 0.1) is 11.8 Å². The number of hydrogen-bond acceptors (Lipinski definition) is 2. The summed E-state index contributed by atoms with van der Waals surface area (Å²) in [4.78, 5) is 25.4. The standard InChI is InChI=1S/C20H31N3O2/c1-15(2)18(13-17-7-5-4-6-8-17)14-21-20(25)23-11-9-19(10-12-23)22-16(3)24/h4-8,15,18-19H,9-14H2,1-3H3,(H,21,25)(H,22,24)/t18-/m0/s1. The summed E-state index contributed by atoms with van der Waals surface area (Å²) in [5.41, 5.74) is 1.31. The van der Waals surface area contributed by atoms with Crippen molar-refractivity contribution in [2.45, 2.75) is 46.1 Å². The molecule has 1 aliphatic heterocycles. The van der Waals surface area contributed by atoms with Gasteiger partial charge in [-0.15, -0.1) is 0 Å². The second-order valence-corrected chi connectivity index (χ2v) is 7.34. The summed E-state index contributed by atoms with van der Waals surface area (Å²) in [5, 5.41) is 6.05. The molecule has 1 atom stereocenters. The molecule has 2 N–H and O–H groups in total. The van der Waals surface area contributed by atoms with Gasteiger partial charge in [-0.2, -0.15) is 0 Å². The van der Waals surface area contributed by atoms with Gasteiger partial charge in [0.2, 0.25) is 5.91 Å². The Morgan fingerprint density at radius 3 is 2.36 bits per heavy atom. The van der Waals surface area contributed by atoms with E-state index < -0.39 is 0 Å². The van der Waals surface area contributed by atoms with E-state index in [0.29, 0.717) is 31.5 Å².